The number of aromatic amines is 1. The number of para-hydroxylation sites is 1. The second-order valence-corrected chi connectivity index (χ2v) is 8.11. The Labute approximate surface area is 179 Å². The van der Waals surface area contributed by atoms with Gasteiger partial charge in [0.1, 0.15) is 12.6 Å². The number of carbonyl (C=O) groups excluding carboxylic acids is 2. The fourth-order valence-electron chi connectivity index (χ4n) is 4.99. The number of alkyl carbamates (subject to hydrolysis) is 1. The van der Waals surface area contributed by atoms with Gasteiger partial charge in [0.05, 0.1) is 5.69 Å². The lowest BCUT2D eigenvalue weighted by Crippen LogP contribution is -2.40. The smallest absolute Gasteiger partial charge is 0.407 e. The first-order valence-electron chi connectivity index (χ1n) is 10.5. The van der Waals surface area contributed by atoms with Crippen molar-refractivity contribution in [3.8, 4) is 11.1 Å². The standard InChI is InChI=1S/C26H20N2O3/c29-25-23(13-20-19-11-5-6-12-22(19)27-24(20)25)28-26(30)31-14-21-17-9-3-1-7-15(17)16-8-2-4-10-18(16)21/h1-12,21,23,27H,13-14H2,(H,28,30)/t23-/m0/s1. The van der Waals surface area contributed by atoms with E-state index in [4.69, 9.17) is 4.74 Å². The maximum Gasteiger partial charge on any atom is 0.407 e. The molecule has 0 radical (unpaired) electrons. The number of hydrogen-bond donors (Lipinski definition) is 2. The van der Waals surface area contributed by atoms with E-state index in [0.29, 0.717) is 12.1 Å². The second-order valence-electron chi connectivity index (χ2n) is 8.11. The summed E-state index contributed by atoms with van der Waals surface area (Å²) in [6.45, 7) is 0.231. The van der Waals surface area contributed by atoms with Crippen LogP contribution in [0.5, 0.6) is 0 Å². The van der Waals surface area contributed by atoms with Crippen LogP contribution in [-0.2, 0) is 11.2 Å². The van der Waals surface area contributed by atoms with Crippen LogP contribution in [0.4, 0.5) is 4.79 Å². The summed E-state index contributed by atoms with van der Waals surface area (Å²) in [7, 11) is 0. The molecule has 0 spiro atoms. The molecule has 0 saturated heterocycles. The summed E-state index contributed by atoms with van der Waals surface area (Å²) in [6, 6.07) is 23.7. The Hall–Kier alpha value is -3.86. The Bertz CT molecular complexity index is 1310. The third-order valence-electron chi connectivity index (χ3n) is 6.42. The average Bonchev–Trinajstić information content (AvgIpc) is 3.42. The van der Waals surface area contributed by atoms with Gasteiger partial charge in [0.15, 0.2) is 0 Å². The fourth-order valence-corrected chi connectivity index (χ4v) is 4.99. The molecule has 1 atom stereocenters. The van der Waals surface area contributed by atoms with Gasteiger partial charge in [0.25, 0.3) is 0 Å². The lowest BCUT2D eigenvalue weighted by Gasteiger charge is -2.16. The van der Waals surface area contributed by atoms with Crippen molar-refractivity contribution in [2.45, 2.75) is 18.4 Å². The normalized spacial score (nSPS) is 16.8. The zero-order chi connectivity index (χ0) is 20.9. The van der Waals surface area contributed by atoms with E-state index in [1.54, 1.807) is 0 Å². The van der Waals surface area contributed by atoms with Gasteiger partial charge in [-0.2, -0.15) is 0 Å². The predicted octanol–water partition coefficient (Wildman–Crippen LogP) is 4.81. The molecule has 0 bridgehead atoms. The first kappa shape index (κ1) is 18.0. The fraction of sp³-hybridized carbons (Fsp3) is 0.154. The Morgan fingerprint density at radius 3 is 2.32 bits per heavy atom. The number of nitrogens with one attached hydrogen (secondary N) is 2. The molecule has 0 fully saturated rings. The third kappa shape index (κ3) is 2.77. The van der Waals surface area contributed by atoms with Crippen LogP contribution in [0.2, 0.25) is 0 Å². The van der Waals surface area contributed by atoms with Crippen LogP contribution in [0.1, 0.15) is 33.1 Å². The van der Waals surface area contributed by atoms with Gasteiger partial charge in [-0.25, -0.2) is 4.79 Å². The largest absolute Gasteiger partial charge is 0.449 e. The molecule has 1 heterocycles. The quantitative estimate of drug-likeness (QED) is 0.511. The molecule has 5 nitrogen and oxygen atoms in total. The zero-order valence-corrected chi connectivity index (χ0v) is 16.7. The van der Waals surface area contributed by atoms with Gasteiger partial charge in [-0.3, -0.25) is 4.79 Å². The van der Waals surface area contributed by atoms with E-state index in [-0.39, 0.29) is 18.3 Å². The van der Waals surface area contributed by atoms with Crippen LogP contribution in [0.25, 0.3) is 22.0 Å². The van der Waals surface area contributed by atoms with Gasteiger partial charge in [0.2, 0.25) is 5.78 Å². The average molecular weight is 408 g/mol. The van der Waals surface area contributed by atoms with E-state index < -0.39 is 12.1 Å². The summed E-state index contributed by atoms with van der Waals surface area (Å²) >= 11 is 0. The minimum Gasteiger partial charge on any atom is -0.449 e. The van der Waals surface area contributed by atoms with Crippen molar-refractivity contribution in [3.05, 3.63) is 95.2 Å². The first-order valence-corrected chi connectivity index (χ1v) is 10.5. The Morgan fingerprint density at radius 2 is 1.58 bits per heavy atom. The maximum atomic E-state index is 12.8. The molecule has 31 heavy (non-hydrogen) atoms. The highest BCUT2D eigenvalue weighted by Crippen LogP contribution is 2.44. The van der Waals surface area contributed by atoms with Gasteiger partial charge in [-0.15, -0.1) is 0 Å². The minimum absolute atomic E-state index is 0.00546. The Balaban J connectivity index is 1.17. The number of benzene rings is 3. The van der Waals surface area contributed by atoms with E-state index in [0.717, 1.165) is 27.6 Å². The van der Waals surface area contributed by atoms with Crippen LogP contribution < -0.4 is 5.32 Å². The molecule has 6 rings (SSSR count). The molecule has 1 aromatic heterocycles. The van der Waals surface area contributed by atoms with Gasteiger partial charge in [-0.1, -0.05) is 66.7 Å². The summed E-state index contributed by atoms with van der Waals surface area (Å²) in [5.41, 5.74) is 7.19. The molecule has 2 N–H and O–H groups in total. The van der Waals surface area contributed by atoms with Gasteiger partial charge >= 0.3 is 6.09 Å². The monoisotopic (exact) mass is 408 g/mol. The number of aromatic nitrogens is 1. The van der Waals surface area contributed by atoms with Crippen molar-refractivity contribution in [1.82, 2.24) is 10.3 Å². The zero-order valence-electron chi connectivity index (χ0n) is 16.7. The number of H-pyrrole nitrogens is 1. The van der Waals surface area contributed by atoms with Crippen LogP contribution >= 0.6 is 0 Å². The van der Waals surface area contributed by atoms with Crippen molar-refractivity contribution < 1.29 is 14.3 Å². The van der Waals surface area contributed by atoms with Crippen molar-refractivity contribution in [2.24, 2.45) is 0 Å². The van der Waals surface area contributed by atoms with Gasteiger partial charge < -0.3 is 15.0 Å². The van der Waals surface area contributed by atoms with Crippen LogP contribution in [0.15, 0.2) is 72.8 Å². The van der Waals surface area contributed by atoms with Crippen molar-refractivity contribution >= 4 is 22.8 Å². The van der Waals surface area contributed by atoms with E-state index in [9.17, 15) is 9.59 Å². The molecule has 0 unspecified atom stereocenters. The summed E-state index contributed by atoms with van der Waals surface area (Å²) in [4.78, 5) is 28.5. The number of hydrogen-bond acceptors (Lipinski definition) is 3. The topological polar surface area (TPSA) is 71.2 Å². The molecular weight excluding hydrogens is 388 g/mol. The molecule has 5 heteroatoms. The molecule has 0 saturated carbocycles. The number of carbonyl (C=O) groups is 2. The predicted molar refractivity (Wildman–Crippen MR) is 118 cm³/mol. The Morgan fingerprint density at radius 1 is 0.935 bits per heavy atom. The SMILES string of the molecule is O=C(N[C@H]1Cc2c([nH]c3ccccc23)C1=O)OCC1c2ccccc2-c2ccccc21. The highest BCUT2D eigenvalue weighted by atomic mass is 16.5. The highest BCUT2D eigenvalue weighted by molar-refractivity contribution is 6.09. The summed E-state index contributed by atoms with van der Waals surface area (Å²) in [5, 5.41) is 3.80. The summed E-state index contributed by atoms with van der Waals surface area (Å²) in [5.74, 6) is -0.103. The lowest BCUT2D eigenvalue weighted by molar-refractivity contribution is 0.0932. The lowest BCUT2D eigenvalue weighted by atomic mass is 9.98. The van der Waals surface area contributed by atoms with Gasteiger partial charge in [0, 0.05) is 23.2 Å². The molecule has 3 aromatic carbocycles. The van der Waals surface area contributed by atoms with E-state index in [1.807, 2.05) is 48.5 Å². The summed E-state index contributed by atoms with van der Waals surface area (Å²) in [6.07, 6.45) is -0.0859. The number of ether oxygens (including phenoxy) is 1. The summed E-state index contributed by atoms with van der Waals surface area (Å²) < 4.78 is 5.60. The number of Topliss-reactive ketones (excluding diaryl/α,β-unsaturated/α-hetero) is 1. The maximum absolute atomic E-state index is 12.8. The number of rotatable bonds is 3. The Kier molecular flexibility index (Phi) is 3.96. The number of amides is 1. The molecule has 0 aliphatic heterocycles. The number of ketones is 1. The molecule has 1 amide bonds. The first-order chi connectivity index (χ1) is 15.2. The van der Waals surface area contributed by atoms with Crippen LogP contribution in [0, 0.1) is 0 Å². The molecule has 152 valence electrons. The van der Waals surface area contributed by atoms with Crippen LogP contribution in [0.3, 0.4) is 0 Å². The number of fused-ring (bicyclic) bond motifs is 6. The molecule has 4 aromatic rings. The van der Waals surface area contributed by atoms with Gasteiger partial charge in [-0.05, 0) is 33.9 Å². The second kappa shape index (κ2) is 6.84. The molecular formula is C26H20N2O3. The highest BCUT2D eigenvalue weighted by Gasteiger charge is 2.35. The molecule has 2 aliphatic carbocycles. The van der Waals surface area contributed by atoms with Crippen LogP contribution in [-0.4, -0.2) is 29.5 Å². The third-order valence-corrected chi connectivity index (χ3v) is 6.42. The van der Waals surface area contributed by atoms with E-state index >= 15 is 0 Å². The van der Waals surface area contributed by atoms with E-state index in [2.05, 4.69) is 34.6 Å². The van der Waals surface area contributed by atoms with Crippen molar-refractivity contribution in [2.75, 3.05) is 6.61 Å². The van der Waals surface area contributed by atoms with Crippen molar-refractivity contribution in [3.63, 3.8) is 0 Å². The minimum atomic E-state index is -0.596. The molecule has 2 aliphatic rings. The van der Waals surface area contributed by atoms with Crippen molar-refractivity contribution in [1.29, 1.82) is 0 Å². The van der Waals surface area contributed by atoms with E-state index in [1.165, 1.54) is 11.1 Å².